The summed E-state index contributed by atoms with van der Waals surface area (Å²) in [7, 11) is -1.64. The van der Waals surface area contributed by atoms with Gasteiger partial charge in [0.1, 0.15) is 0 Å². The molecule has 1 saturated carbocycles. The second-order valence-electron chi connectivity index (χ2n) is 8.05. The van der Waals surface area contributed by atoms with Gasteiger partial charge >= 0.3 is 0 Å². The molecule has 0 bridgehead atoms. The molecule has 1 aromatic rings. The predicted octanol–water partition coefficient (Wildman–Crippen LogP) is 5.04. The maximum Gasteiger partial charge on any atom is 0.243 e. The summed E-state index contributed by atoms with van der Waals surface area (Å²) in [5, 5.41) is 0. The summed E-state index contributed by atoms with van der Waals surface area (Å²) < 4.78 is 27.4. The van der Waals surface area contributed by atoms with E-state index in [2.05, 4.69) is 27.7 Å². The molecular formula is C20H33NO2S. The number of rotatable bonds is 6. The quantitative estimate of drug-likeness (QED) is 0.720. The third-order valence-corrected chi connectivity index (χ3v) is 7.28. The van der Waals surface area contributed by atoms with Crippen LogP contribution in [0.3, 0.4) is 0 Å². The van der Waals surface area contributed by atoms with Gasteiger partial charge in [-0.05, 0) is 67.6 Å². The van der Waals surface area contributed by atoms with E-state index in [-0.39, 0.29) is 6.04 Å². The molecule has 1 aliphatic rings. The summed E-state index contributed by atoms with van der Waals surface area (Å²) in [6.07, 6.45) is 5.53. The number of nitrogens with zero attached hydrogens (tertiary/aromatic N) is 1. The number of benzene rings is 1. The summed E-state index contributed by atoms with van der Waals surface area (Å²) in [5.74, 6) is 1.91. The SMILES string of the molecule is CC(C)CC1CCC(N(C)S(=O)(=O)c2ccc(C(C)C)cc2)CC1. The van der Waals surface area contributed by atoms with E-state index in [1.54, 1.807) is 23.5 Å². The van der Waals surface area contributed by atoms with Crippen LogP contribution in [0.4, 0.5) is 0 Å². The topological polar surface area (TPSA) is 37.4 Å². The lowest BCUT2D eigenvalue weighted by molar-refractivity contribution is 0.217. The Morgan fingerprint density at radius 3 is 2.00 bits per heavy atom. The van der Waals surface area contributed by atoms with Crippen LogP contribution in [0, 0.1) is 11.8 Å². The maximum atomic E-state index is 12.9. The standard InChI is InChI=1S/C20H33NO2S/c1-15(2)14-17-6-10-19(11-7-17)21(5)24(22,23)20-12-8-18(9-13-20)16(3)4/h8-9,12-13,15-17,19H,6-7,10-11,14H2,1-5H3. The monoisotopic (exact) mass is 351 g/mol. The zero-order chi connectivity index (χ0) is 17.9. The van der Waals surface area contributed by atoms with Gasteiger partial charge in [-0.25, -0.2) is 8.42 Å². The van der Waals surface area contributed by atoms with E-state index in [4.69, 9.17) is 0 Å². The van der Waals surface area contributed by atoms with Crippen LogP contribution in [0.2, 0.25) is 0 Å². The van der Waals surface area contributed by atoms with Crippen molar-refractivity contribution in [1.29, 1.82) is 0 Å². The normalized spacial score (nSPS) is 22.5. The minimum Gasteiger partial charge on any atom is -0.207 e. The Hall–Kier alpha value is -0.870. The zero-order valence-electron chi connectivity index (χ0n) is 15.8. The van der Waals surface area contributed by atoms with Crippen molar-refractivity contribution >= 4 is 10.0 Å². The maximum absolute atomic E-state index is 12.9. The van der Waals surface area contributed by atoms with E-state index < -0.39 is 10.0 Å². The van der Waals surface area contributed by atoms with Crippen molar-refractivity contribution in [2.24, 2.45) is 11.8 Å². The molecule has 4 heteroatoms. The lowest BCUT2D eigenvalue weighted by Crippen LogP contribution is -2.39. The molecule has 1 fully saturated rings. The molecule has 0 aliphatic heterocycles. The summed E-state index contributed by atoms with van der Waals surface area (Å²) in [6, 6.07) is 7.52. The van der Waals surface area contributed by atoms with Crippen LogP contribution in [0.1, 0.15) is 71.3 Å². The highest BCUT2D eigenvalue weighted by molar-refractivity contribution is 7.89. The fourth-order valence-corrected chi connectivity index (χ4v) is 5.21. The predicted molar refractivity (Wildman–Crippen MR) is 101 cm³/mol. The lowest BCUT2D eigenvalue weighted by Gasteiger charge is -2.34. The first-order valence-electron chi connectivity index (χ1n) is 9.29. The molecule has 0 saturated heterocycles. The van der Waals surface area contributed by atoms with E-state index in [1.807, 2.05) is 12.1 Å². The number of sulfonamides is 1. The summed E-state index contributed by atoms with van der Waals surface area (Å²) in [4.78, 5) is 0.415. The molecule has 1 aliphatic carbocycles. The smallest absolute Gasteiger partial charge is 0.207 e. The molecule has 3 nitrogen and oxygen atoms in total. The van der Waals surface area contributed by atoms with Crippen LogP contribution >= 0.6 is 0 Å². The average molecular weight is 352 g/mol. The van der Waals surface area contributed by atoms with E-state index >= 15 is 0 Å². The van der Waals surface area contributed by atoms with Crippen molar-refractivity contribution in [3.8, 4) is 0 Å². The van der Waals surface area contributed by atoms with Gasteiger partial charge in [-0.2, -0.15) is 4.31 Å². The van der Waals surface area contributed by atoms with Crippen LogP contribution in [0.25, 0.3) is 0 Å². The first kappa shape index (κ1) is 19.5. The largest absolute Gasteiger partial charge is 0.243 e. The Morgan fingerprint density at radius 1 is 1.00 bits per heavy atom. The van der Waals surface area contributed by atoms with Gasteiger partial charge in [0.15, 0.2) is 0 Å². The highest BCUT2D eigenvalue weighted by atomic mass is 32.2. The molecule has 1 aromatic carbocycles. The van der Waals surface area contributed by atoms with Gasteiger partial charge in [0, 0.05) is 13.1 Å². The Balaban J connectivity index is 2.04. The molecule has 0 unspecified atom stereocenters. The zero-order valence-corrected chi connectivity index (χ0v) is 16.6. The van der Waals surface area contributed by atoms with Crippen LogP contribution in [0.15, 0.2) is 29.2 Å². The van der Waals surface area contributed by atoms with Crippen molar-refractivity contribution in [3.63, 3.8) is 0 Å². The summed E-state index contributed by atoms with van der Waals surface area (Å²) >= 11 is 0. The molecular weight excluding hydrogens is 318 g/mol. The Labute approximate surface area is 148 Å². The third-order valence-electron chi connectivity index (χ3n) is 5.36. The van der Waals surface area contributed by atoms with Crippen LogP contribution in [-0.4, -0.2) is 25.8 Å². The first-order chi connectivity index (χ1) is 11.2. The van der Waals surface area contributed by atoms with Crippen molar-refractivity contribution in [3.05, 3.63) is 29.8 Å². The Bertz CT molecular complexity index is 612. The second kappa shape index (κ2) is 8.01. The number of hydrogen-bond donors (Lipinski definition) is 0. The molecule has 0 spiro atoms. The van der Waals surface area contributed by atoms with E-state index in [9.17, 15) is 8.42 Å². The molecule has 2 rings (SSSR count). The lowest BCUT2D eigenvalue weighted by atomic mass is 9.81. The van der Waals surface area contributed by atoms with Crippen molar-refractivity contribution in [2.75, 3.05) is 7.05 Å². The summed E-state index contributed by atoms with van der Waals surface area (Å²) in [5.41, 5.74) is 1.17. The molecule has 136 valence electrons. The molecule has 24 heavy (non-hydrogen) atoms. The fraction of sp³-hybridized carbons (Fsp3) is 0.700. The molecule has 0 radical (unpaired) electrons. The van der Waals surface area contributed by atoms with E-state index in [0.717, 1.165) is 37.5 Å². The highest BCUT2D eigenvalue weighted by Crippen LogP contribution is 2.33. The van der Waals surface area contributed by atoms with Crippen LogP contribution in [0.5, 0.6) is 0 Å². The third kappa shape index (κ3) is 4.60. The highest BCUT2D eigenvalue weighted by Gasteiger charge is 2.31. The molecule has 0 amide bonds. The van der Waals surface area contributed by atoms with Crippen molar-refractivity contribution in [1.82, 2.24) is 4.31 Å². The molecule has 0 aromatic heterocycles. The molecule has 0 heterocycles. The van der Waals surface area contributed by atoms with Gasteiger partial charge in [-0.3, -0.25) is 0 Å². The van der Waals surface area contributed by atoms with Gasteiger partial charge < -0.3 is 0 Å². The minimum atomic E-state index is -3.39. The van der Waals surface area contributed by atoms with Gasteiger partial charge in [-0.15, -0.1) is 0 Å². The van der Waals surface area contributed by atoms with Crippen LogP contribution in [-0.2, 0) is 10.0 Å². The Morgan fingerprint density at radius 2 is 1.54 bits per heavy atom. The Kier molecular flexibility index (Phi) is 6.49. The van der Waals surface area contributed by atoms with Crippen molar-refractivity contribution in [2.45, 2.75) is 76.7 Å². The van der Waals surface area contributed by atoms with Gasteiger partial charge in [-0.1, -0.05) is 39.8 Å². The van der Waals surface area contributed by atoms with Gasteiger partial charge in [0.05, 0.1) is 4.90 Å². The molecule has 0 atom stereocenters. The molecule has 0 N–H and O–H groups in total. The van der Waals surface area contributed by atoms with E-state index in [1.165, 1.54) is 12.0 Å². The van der Waals surface area contributed by atoms with Crippen molar-refractivity contribution < 1.29 is 8.42 Å². The van der Waals surface area contributed by atoms with Gasteiger partial charge in [0.25, 0.3) is 0 Å². The second-order valence-corrected chi connectivity index (χ2v) is 10.0. The first-order valence-corrected chi connectivity index (χ1v) is 10.7. The minimum absolute atomic E-state index is 0.142. The van der Waals surface area contributed by atoms with Gasteiger partial charge in [0.2, 0.25) is 10.0 Å². The summed E-state index contributed by atoms with van der Waals surface area (Å²) in [6.45, 7) is 8.77. The average Bonchev–Trinajstić information content (AvgIpc) is 2.54. The van der Waals surface area contributed by atoms with E-state index in [0.29, 0.717) is 10.8 Å². The fourth-order valence-electron chi connectivity index (χ4n) is 3.80. The van der Waals surface area contributed by atoms with Crippen LogP contribution < -0.4 is 0 Å². The number of hydrogen-bond acceptors (Lipinski definition) is 2.